The van der Waals surface area contributed by atoms with Crippen molar-refractivity contribution in [2.45, 2.75) is 33.4 Å². The summed E-state index contributed by atoms with van der Waals surface area (Å²) in [7, 11) is 0. The molecule has 0 aliphatic carbocycles. The summed E-state index contributed by atoms with van der Waals surface area (Å²) in [6, 6.07) is 6.41. The molecule has 0 saturated heterocycles. The Morgan fingerprint density at radius 2 is 2.06 bits per heavy atom. The molecule has 0 bridgehead atoms. The number of hydrogen-bond acceptors (Lipinski definition) is 3. The fourth-order valence-electron chi connectivity index (χ4n) is 1.50. The number of nitrogens with zero attached hydrogens (tertiary/aromatic N) is 3. The molecule has 2 rings (SSSR count). The average molecular weight is 218 g/mol. The van der Waals surface area contributed by atoms with E-state index in [1.54, 1.807) is 0 Å². The Labute approximate surface area is 95.7 Å². The molecule has 2 heterocycles. The fourth-order valence-corrected chi connectivity index (χ4v) is 1.50. The van der Waals surface area contributed by atoms with Gasteiger partial charge in [0.05, 0.1) is 6.54 Å². The molecule has 1 atom stereocenters. The molecular weight excluding hydrogens is 200 g/mol. The number of nitrogens with one attached hydrogen (secondary N) is 1. The summed E-state index contributed by atoms with van der Waals surface area (Å²) in [5.41, 5.74) is 0.900. The van der Waals surface area contributed by atoms with Crippen molar-refractivity contribution in [3.8, 4) is 0 Å². The highest BCUT2D eigenvalue weighted by molar-refractivity contribution is 5.36. The summed E-state index contributed by atoms with van der Waals surface area (Å²) < 4.78 is 2.01. The van der Waals surface area contributed by atoms with Crippen LogP contribution >= 0.6 is 0 Å². The van der Waals surface area contributed by atoms with Crippen LogP contribution < -0.4 is 5.32 Å². The van der Waals surface area contributed by atoms with E-state index < -0.39 is 0 Å². The maximum Gasteiger partial charge on any atom is 0.160 e. The van der Waals surface area contributed by atoms with Gasteiger partial charge >= 0.3 is 0 Å². The van der Waals surface area contributed by atoms with E-state index in [1.165, 1.54) is 0 Å². The van der Waals surface area contributed by atoms with E-state index in [0.717, 1.165) is 18.0 Å². The Balaban J connectivity index is 2.10. The van der Waals surface area contributed by atoms with Gasteiger partial charge in [-0.25, -0.2) is 0 Å². The zero-order valence-corrected chi connectivity index (χ0v) is 10.0. The van der Waals surface area contributed by atoms with Crippen LogP contribution in [0.15, 0.2) is 24.4 Å². The molecule has 2 aromatic heterocycles. The lowest BCUT2D eigenvalue weighted by Crippen LogP contribution is -2.30. The van der Waals surface area contributed by atoms with E-state index in [1.807, 2.05) is 28.8 Å². The van der Waals surface area contributed by atoms with Gasteiger partial charge in [0, 0.05) is 12.2 Å². The Bertz CT molecular complexity index is 461. The van der Waals surface area contributed by atoms with Gasteiger partial charge in [-0.15, -0.1) is 10.2 Å². The molecule has 0 aliphatic rings. The second-order valence-corrected chi connectivity index (χ2v) is 4.46. The van der Waals surface area contributed by atoms with Crippen LogP contribution in [0.1, 0.15) is 26.6 Å². The first-order valence-electron chi connectivity index (χ1n) is 5.70. The summed E-state index contributed by atoms with van der Waals surface area (Å²) in [6.45, 7) is 7.36. The molecule has 0 spiro atoms. The van der Waals surface area contributed by atoms with Crippen LogP contribution in [0.3, 0.4) is 0 Å². The van der Waals surface area contributed by atoms with Gasteiger partial charge in [0.25, 0.3) is 0 Å². The Hall–Kier alpha value is -1.42. The van der Waals surface area contributed by atoms with Crippen molar-refractivity contribution in [1.82, 2.24) is 19.9 Å². The van der Waals surface area contributed by atoms with Crippen LogP contribution in [0.2, 0.25) is 0 Å². The average Bonchev–Trinajstić information content (AvgIpc) is 2.69. The molecule has 0 fully saturated rings. The van der Waals surface area contributed by atoms with E-state index in [9.17, 15) is 0 Å². The van der Waals surface area contributed by atoms with Crippen molar-refractivity contribution in [3.63, 3.8) is 0 Å². The molecule has 86 valence electrons. The Morgan fingerprint density at radius 1 is 1.25 bits per heavy atom. The van der Waals surface area contributed by atoms with Gasteiger partial charge in [0.2, 0.25) is 0 Å². The molecule has 1 N–H and O–H groups in total. The van der Waals surface area contributed by atoms with Crippen LogP contribution in [0.4, 0.5) is 0 Å². The molecule has 2 aromatic rings. The van der Waals surface area contributed by atoms with Crippen molar-refractivity contribution in [2.75, 3.05) is 0 Å². The number of rotatable bonds is 4. The van der Waals surface area contributed by atoms with E-state index >= 15 is 0 Å². The molecule has 0 aliphatic heterocycles. The lowest BCUT2D eigenvalue weighted by atomic mass is 10.1. The lowest BCUT2D eigenvalue weighted by Gasteiger charge is -2.16. The highest BCUT2D eigenvalue weighted by Gasteiger charge is 2.08. The van der Waals surface area contributed by atoms with Crippen molar-refractivity contribution in [1.29, 1.82) is 0 Å². The maximum absolute atomic E-state index is 4.18. The summed E-state index contributed by atoms with van der Waals surface area (Å²) >= 11 is 0. The molecule has 0 aromatic carbocycles. The predicted molar refractivity (Wildman–Crippen MR) is 64.1 cm³/mol. The van der Waals surface area contributed by atoms with E-state index in [-0.39, 0.29) is 0 Å². The van der Waals surface area contributed by atoms with Gasteiger partial charge < -0.3 is 5.32 Å². The standard InChI is InChI=1S/C12H18N4/c1-9(2)10(3)13-8-12-15-14-11-6-4-5-7-16(11)12/h4-7,9-10,13H,8H2,1-3H3/t10-/m0/s1. The normalized spacial score (nSPS) is 13.5. The maximum atomic E-state index is 4.18. The minimum Gasteiger partial charge on any atom is -0.307 e. The Kier molecular flexibility index (Phi) is 3.19. The van der Waals surface area contributed by atoms with Crippen molar-refractivity contribution >= 4 is 5.65 Å². The van der Waals surface area contributed by atoms with Gasteiger partial charge in [-0.2, -0.15) is 0 Å². The highest BCUT2D eigenvalue weighted by Crippen LogP contribution is 2.04. The molecule has 4 nitrogen and oxygen atoms in total. The molecule has 16 heavy (non-hydrogen) atoms. The van der Waals surface area contributed by atoms with Gasteiger partial charge in [-0.3, -0.25) is 4.40 Å². The van der Waals surface area contributed by atoms with Crippen molar-refractivity contribution < 1.29 is 0 Å². The van der Waals surface area contributed by atoms with Crippen molar-refractivity contribution in [3.05, 3.63) is 30.2 Å². The number of aromatic nitrogens is 3. The van der Waals surface area contributed by atoms with Crippen LogP contribution in [0.25, 0.3) is 5.65 Å². The summed E-state index contributed by atoms with van der Waals surface area (Å²) in [5, 5.41) is 11.7. The third-order valence-corrected chi connectivity index (χ3v) is 2.97. The fraction of sp³-hybridized carbons (Fsp3) is 0.500. The number of pyridine rings is 1. The van der Waals surface area contributed by atoms with Crippen LogP contribution in [-0.4, -0.2) is 20.6 Å². The zero-order chi connectivity index (χ0) is 11.5. The quantitative estimate of drug-likeness (QED) is 0.851. The second-order valence-electron chi connectivity index (χ2n) is 4.46. The van der Waals surface area contributed by atoms with Crippen molar-refractivity contribution in [2.24, 2.45) is 5.92 Å². The predicted octanol–water partition coefficient (Wildman–Crippen LogP) is 1.86. The topological polar surface area (TPSA) is 42.2 Å². The first-order valence-corrected chi connectivity index (χ1v) is 5.70. The lowest BCUT2D eigenvalue weighted by molar-refractivity contribution is 0.420. The molecule has 0 amide bonds. The molecular formula is C12H18N4. The summed E-state index contributed by atoms with van der Waals surface area (Å²) in [5.74, 6) is 1.59. The third-order valence-electron chi connectivity index (χ3n) is 2.97. The van der Waals surface area contributed by atoms with Crippen LogP contribution in [0, 0.1) is 5.92 Å². The minimum absolute atomic E-state index is 0.482. The van der Waals surface area contributed by atoms with E-state index in [0.29, 0.717) is 12.0 Å². The van der Waals surface area contributed by atoms with Crippen LogP contribution in [-0.2, 0) is 6.54 Å². The first-order chi connectivity index (χ1) is 7.68. The van der Waals surface area contributed by atoms with Crippen LogP contribution in [0.5, 0.6) is 0 Å². The zero-order valence-electron chi connectivity index (χ0n) is 10.0. The van der Waals surface area contributed by atoms with Gasteiger partial charge in [0.1, 0.15) is 0 Å². The van der Waals surface area contributed by atoms with Gasteiger partial charge in [0.15, 0.2) is 11.5 Å². The number of hydrogen-bond donors (Lipinski definition) is 1. The first kappa shape index (κ1) is 11.1. The monoisotopic (exact) mass is 218 g/mol. The second kappa shape index (κ2) is 4.61. The van der Waals surface area contributed by atoms with Gasteiger partial charge in [-0.1, -0.05) is 19.9 Å². The van der Waals surface area contributed by atoms with Gasteiger partial charge in [-0.05, 0) is 25.0 Å². The molecule has 0 radical (unpaired) electrons. The van der Waals surface area contributed by atoms with E-state index in [4.69, 9.17) is 0 Å². The summed E-state index contributed by atoms with van der Waals surface area (Å²) in [4.78, 5) is 0. The Morgan fingerprint density at radius 3 is 2.81 bits per heavy atom. The SMILES string of the molecule is CC(C)[C@H](C)NCc1nnc2ccccn12. The highest BCUT2D eigenvalue weighted by atomic mass is 15.3. The molecule has 4 heteroatoms. The smallest absolute Gasteiger partial charge is 0.160 e. The number of fused-ring (bicyclic) bond motifs is 1. The summed E-state index contributed by atoms with van der Waals surface area (Å²) in [6.07, 6.45) is 1.99. The molecule has 0 saturated carbocycles. The molecule has 0 unspecified atom stereocenters. The van der Waals surface area contributed by atoms with E-state index in [2.05, 4.69) is 36.3 Å². The third kappa shape index (κ3) is 2.22. The minimum atomic E-state index is 0.482. The largest absolute Gasteiger partial charge is 0.307 e.